The molecule has 1 heterocycles. The highest BCUT2D eigenvalue weighted by Gasteiger charge is 2.22. The lowest BCUT2D eigenvalue weighted by molar-refractivity contribution is 0.352. The maximum atomic E-state index is 4.84. The van der Waals surface area contributed by atoms with Crippen LogP contribution >= 0.6 is 0 Å². The number of hydrogen-bond acceptors (Lipinski definition) is 6. The molecule has 40 heavy (non-hydrogen) atoms. The smallest absolute Gasteiger partial charge is 0.225 e. The maximum Gasteiger partial charge on any atom is 0.225 e. The number of nitrogens with zero attached hydrogens (tertiary/aromatic N) is 3. The van der Waals surface area contributed by atoms with Crippen LogP contribution in [-0.2, 0) is 13.1 Å². The Morgan fingerprint density at radius 2 is 1.32 bits per heavy atom. The van der Waals surface area contributed by atoms with Crippen molar-refractivity contribution in [1.82, 2.24) is 15.3 Å². The number of hydrogen-bond donors (Lipinski definition) is 3. The fourth-order valence-corrected chi connectivity index (χ4v) is 5.82. The predicted molar refractivity (Wildman–Crippen MR) is 168 cm³/mol. The van der Waals surface area contributed by atoms with E-state index in [1.165, 1.54) is 27.6 Å². The Bertz CT molecular complexity index is 1580. The monoisotopic (exact) mass is 530 g/mol. The van der Waals surface area contributed by atoms with Crippen LogP contribution in [-0.4, -0.2) is 36.1 Å². The molecule has 0 amide bonds. The molecule has 0 unspecified atom stereocenters. The van der Waals surface area contributed by atoms with Crippen molar-refractivity contribution in [1.29, 1.82) is 0 Å². The molecule has 1 fully saturated rings. The number of rotatable bonds is 9. The first-order chi connectivity index (χ1) is 19.6. The minimum Gasteiger partial charge on any atom is -0.380 e. The first-order valence-electron chi connectivity index (χ1n) is 14.4. The van der Waals surface area contributed by atoms with Crippen LogP contribution in [0.1, 0.15) is 36.8 Å². The summed E-state index contributed by atoms with van der Waals surface area (Å²) < 4.78 is 0. The van der Waals surface area contributed by atoms with Crippen molar-refractivity contribution >= 4 is 39.1 Å². The van der Waals surface area contributed by atoms with E-state index in [0.717, 1.165) is 61.4 Å². The van der Waals surface area contributed by atoms with Gasteiger partial charge in [-0.05, 0) is 60.4 Å². The molecular weight excluding hydrogens is 492 g/mol. The highest BCUT2D eigenvalue weighted by molar-refractivity contribution is 5.93. The van der Waals surface area contributed by atoms with Gasteiger partial charge < -0.3 is 20.9 Å². The lowest BCUT2D eigenvalue weighted by Crippen LogP contribution is -2.37. The van der Waals surface area contributed by atoms with Crippen LogP contribution in [0.4, 0.5) is 17.5 Å². The second kappa shape index (κ2) is 11.9. The van der Waals surface area contributed by atoms with Crippen molar-refractivity contribution in [3.8, 4) is 0 Å². The van der Waals surface area contributed by atoms with Crippen LogP contribution in [0, 0.1) is 0 Å². The van der Waals surface area contributed by atoms with E-state index in [0.29, 0.717) is 12.1 Å². The van der Waals surface area contributed by atoms with E-state index < -0.39 is 0 Å². The SMILES string of the molecule is CN(C)c1nc(NC2CCC(NCc3ccccc3CNc3cccc4ccccc34)CC2)nc2ccccc12. The van der Waals surface area contributed by atoms with E-state index >= 15 is 0 Å². The number of para-hydroxylation sites is 1. The molecule has 0 radical (unpaired) electrons. The Kier molecular flexibility index (Phi) is 7.78. The summed E-state index contributed by atoms with van der Waals surface area (Å²) in [7, 11) is 4.07. The van der Waals surface area contributed by atoms with E-state index in [1.807, 2.05) is 26.2 Å². The fraction of sp³-hybridized carbons (Fsp3) is 0.294. The molecular formula is C34H38N6. The summed E-state index contributed by atoms with van der Waals surface area (Å²) in [5.41, 5.74) is 4.85. The molecule has 1 aliphatic carbocycles. The maximum absolute atomic E-state index is 4.84. The van der Waals surface area contributed by atoms with Crippen molar-refractivity contribution < 1.29 is 0 Å². The van der Waals surface area contributed by atoms with Crippen LogP contribution in [0.15, 0.2) is 91.0 Å². The quantitative estimate of drug-likeness (QED) is 0.191. The summed E-state index contributed by atoms with van der Waals surface area (Å²) in [5.74, 6) is 1.68. The Labute approximate surface area is 236 Å². The average Bonchev–Trinajstić information content (AvgIpc) is 2.99. The van der Waals surface area contributed by atoms with Gasteiger partial charge in [-0.2, -0.15) is 4.98 Å². The van der Waals surface area contributed by atoms with Crippen molar-refractivity contribution in [2.24, 2.45) is 0 Å². The average molecular weight is 531 g/mol. The molecule has 1 aliphatic rings. The lowest BCUT2D eigenvalue weighted by Gasteiger charge is -2.30. The molecule has 0 bridgehead atoms. The second-order valence-corrected chi connectivity index (χ2v) is 11.0. The number of anilines is 3. The Morgan fingerprint density at radius 1 is 0.675 bits per heavy atom. The normalized spacial score (nSPS) is 17.1. The number of aromatic nitrogens is 2. The van der Waals surface area contributed by atoms with Crippen LogP contribution in [0.25, 0.3) is 21.7 Å². The summed E-state index contributed by atoms with van der Waals surface area (Å²) >= 11 is 0. The third-order valence-corrected chi connectivity index (χ3v) is 8.03. The molecule has 0 aliphatic heterocycles. The number of nitrogens with one attached hydrogen (secondary N) is 3. The minimum absolute atomic E-state index is 0.395. The van der Waals surface area contributed by atoms with Gasteiger partial charge in [0.1, 0.15) is 5.82 Å². The molecule has 0 spiro atoms. The molecule has 0 saturated heterocycles. The van der Waals surface area contributed by atoms with Gasteiger partial charge in [0, 0.05) is 55.7 Å². The molecule has 6 heteroatoms. The highest BCUT2D eigenvalue weighted by Crippen LogP contribution is 2.27. The van der Waals surface area contributed by atoms with Gasteiger partial charge >= 0.3 is 0 Å². The summed E-state index contributed by atoms with van der Waals surface area (Å²) in [4.78, 5) is 11.7. The second-order valence-electron chi connectivity index (χ2n) is 11.0. The van der Waals surface area contributed by atoms with E-state index in [-0.39, 0.29) is 0 Å². The molecule has 4 aromatic carbocycles. The molecule has 3 N–H and O–H groups in total. The zero-order valence-electron chi connectivity index (χ0n) is 23.4. The minimum atomic E-state index is 0.395. The van der Waals surface area contributed by atoms with Crippen LogP contribution in [0.3, 0.4) is 0 Å². The summed E-state index contributed by atoms with van der Waals surface area (Å²) in [6, 6.07) is 32.9. The highest BCUT2D eigenvalue weighted by atomic mass is 15.2. The van der Waals surface area contributed by atoms with Gasteiger partial charge in [-0.15, -0.1) is 0 Å². The predicted octanol–water partition coefficient (Wildman–Crippen LogP) is 6.97. The largest absolute Gasteiger partial charge is 0.380 e. The van der Waals surface area contributed by atoms with Crippen LogP contribution in [0.2, 0.25) is 0 Å². The van der Waals surface area contributed by atoms with E-state index in [2.05, 4.69) is 99.7 Å². The summed E-state index contributed by atoms with van der Waals surface area (Å²) in [5, 5.41) is 14.8. The summed E-state index contributed by atoms with van der Waals surface area (Å²) in [6.07, 6.45) is 4.50. The van der Waals surface area contributed by atoms with Crippen LogP contribution in [0.5, 0.6) is 0 Å². The molecule has 5 aromatic rings. The van der Waals surface area contributed by atoms with Gasteiger partial charge in [0.25, 0.3) is 0 Å². The first kappa shape index (κ1) is 26.1. The Morgan fingerprint density at radius 3 is 2.12 bits per heavy atom. The third kappa shape index (κ3) is 5.87. The van der Waals surface area contributed by atoms with Gasteiger partial charge in [0.15, 0.2) is 0 Å². The topological polar surface area (TPSA) is 65.1 Å². The Balaban J connectivity index is 1.04. The van der Waals surface area contributed by atoms with Gasteiger partial charge in [0.2, 0.25) is 5.95 Å². The van der Waals surface area contributed by atoms with E-state index in [9.17, 15) is 0 Å². The van der Waals surface area contributed by atoms with Crippen molar-refractivity contribution in [3.05, 3.63) is 102 Å². The van der Waals surface area contributed by atoms with E-state index in [1.54, 1.807) is 0 Å². The molecule has 1 aromatic heterocycles. The van der Waals surface area contributed by atoms with Gasteiger partial charge in [-0.25, -0.2) is 4.98 Å². The number of fused-ring (bicyclic) bond motifs is 2. The van der Waals surface area contributed by atoms with Crippen molar-refractivity contribution in [2.45, 2.75) is 50.9 Å². The van der Waals surface area contributed by atoms with Crippen molar-refractivity contribution in [2.75, 3.05) is 29.6 Å². The standard InChI is InChI=1S/C34H38N6/c1-40(2)33-30-15-7-8-16-32(30)38-34(39-33)37-28-20-18-27(19-21-28)35-22-25-11-3-4-12-26(25)23-36-31-17-9-13-24-10-5-6-14-29(24)31/h3-17,27-28,35-36H,18-23H2,1-2H3,(H,37,38,39). The van der Waals surface area contributed by atoms with Gasteiger partial charge in [0.05, 0.1) is 5.52 Å². The molecule has 0 atom stereocenters. The van der Waals surface area contributed by atoms with Gasteiger partial charge in [-0.1, -0.05) is 72.8 Å². The lowest BCUT2D eigenvalue weighted by atomic mass is 9.91. The number of benzene rings is 4. The molecule has 204 valence electrons. The fourth-order valence-electron chi connectivity index (χ4n) is 5.82. The molecule has 6 nitrogen and oxygen atoms in total. The van der Waals surface area contributed by atoms with Crippen LogP contribution < -0.4 is 20.9 Å². The Hall–Kier alpha value is -4.16. The zero-order chi connectivity index (χ0) is 27.3. The summed E-state index contributed by atoms with van der Waals surface area (Å²) in [6.45, 7) is 1.69. The molecule has 1 saturated carbocycles. The first-order valence-corrected chi connectivity index (χ1v) is 14.4. The van der Waals surface area contributed by atoms with Gasteiger partial charge in [-0.3, -0.25) is 0 Å². The molecule has 6 rings (SSSR count). The van der Waals surface area contributed by atoms with E-state index in [4.69, 9.17) is 9.97 Å². The third-order valence-electron chi connectivity index (χ3n) is 8.03. The zero-order valence-corrected chi connectivity index (χ0v) is 23.4. The van der Waals surface area contributed by atoms with Crippen molar-refractivity contribution in [3.63, 3.8) is 0 Å².